The summed E-state index contributed by atoms with van der Waals surface area (Å²) in [4.78, 5) is 16.2. The molecule has 3 aromatic carbocycles. The van der Waals surface area contributed by atoms with Gasteiger partial charge in [-0.2, -0.15) is 0 Å². The fraction of sp³-hybridized carbons (Fsp3) is 0.0952. The van der Waals surface area contributed by atoms with Gasteiger partial charge in [-0.05, 0) is 36.4 Å². The number of hydrogen-bond acceptors (Lipinski definition) is 4. The molecule has 4 aromatic rings. The molecule has 0 atom stereocenters. The summed E-state index contributed by atoms with van der Waals surface area (Å²) in [6, 6.07) is 19.1. The minimum absolute atomic E-state index is 0.122. The number of nitrogens with two attached hydrogens (primary N) is 1. The SMILES string of the molecule is COc1ccc(-[n+]2c3cc(N)ccc3nc3ccc(NC(C)=O)cc32)cc1. The standard InChI is InChI=1S/C21H18N4O2/c1-13(26)23-15-4-10-19-21(12-15)25(16-5-7-17(27-2)8-6-16)20-11-14(22)3-9-18(20)24-19/h3-12H,1-2H3,(H2,22,23,26)/p+1. The minimum Gasteiger partial charge on any atom is -0.497 e. The summed E-state index contributed by atoms with van der Waals surface area (Å²) < 4.78 is 7.36. The number of aromatic nitrogens is 2. The fourth-order valence-electron chi connectivity index (χ4n) is 3.16. The Morgan fingerprint density at radius 2 is 1.67 bits per heavy atom. The predicted octanol–water partition coefficient (Wildman–Crippen LogP) is 3.21. The van der Waals surface area contributed by atoms with Crippen LogP contribution in [-0.2, 0) is 4.79 Å². The zero-order chi connectivity index (χ0) is 19.0. The van der Waals surface area contributed by atoms with Crippen LogP contribution in [0, 0.1) is 0 Å². The van der Waals surface area contributed by atoms with Gasteiger partial charge in [-0.25, -0.2) is 4.98 Å². The summed E-state index contributed by atoms with van der Waals surface area (Å²) in [5.41, 5.74) is 11.7. The first kappa shape index (κ1) is 16.8. The molecule has 0 fully saturated rings. The van der Waals surface area contributed by atoms with Crippen LogP contribution in [0.2, 0.25) is 0 Å². The molecule has 6 nitrogen and oxygen atoms in total. The lowest BCUT2D eigenvalue weighted by Crippen LogP contribution is -2.33. The van der Waals surface area contributed by atoms with Crippen LogP contribution in [0.1, 0.15) is 6.92 Å². The van der Waals surface area contributed by atoms with Gasteiger partial charge in [0.2, 0.25) is 22.6 Å². The number of rotatable bonds is 3. The number of nitrogens with zero attached hydrogens (tertiary/aromatic N) is 2. The van der Waals surface area contributed by atoms with Crippen LogP contribution in [0.4, 0.5) is 11.4 Å². The van der Waals surface area contributed by atoms with Crippen LogP contribution in [0.15, 0.2) is 60.7 Å². The van der Waals surface area contributed by atoms with E-state index in [0.29, 0.717) is 11.4 Å². The van der Waals surface area contributed by atoms with Crippen LogP contribution in [-0.4, -0.2) is 18.0 Å². The van der Waals surface area contributed by atoms with Gasteiger partial charge in [0.15, 0.2) is 0 Å². The monoisotopic (exact) mass is 359 g/mol. The van der Waals surface area contributed by atoms with Gasteiger partial charge in [0, 0.05) is 42.6 Å². The predicted molar refractivity (Wildman–Crippen MR) is 106 cm³/mol. The number of benzene rings is 3. The normalized spacial score (nSPS) is 10.9. The number of ether oxygens (including phenoxy) is 1. The van der Waals surface area contributed by atoms with E-state index in [4.69, 9.17) is 15.5 Å². The van der Waals surface area contributed by atoms with Crippen molar-refractivity contribution in [1.82, 2.24) is 4.98 Å². The second-order valence-electron chi connectivity index (χ2n) is 6.28. The molecule has 27 heavy (non-hydrogen) atoms. The summed E-state index contributed by atoms with van der Waals surface area (Å²) in [7, 11) is 1.64. The topological polar surface area (TPSA) is 81.1 Å². The van der Waals surface area contributed by atoms with E-state index in [9.17, 15) is 4.79 Å². The van der Waals surface area contributed by atoms with E-state index in [2.05, 4.69) is 9.88 Å². The summed E-state index contributed by atoms with van der Waals surface area (Å²) in [6.45, 7) is 1.49. The molecule has 0 aliphatic heterocycles. The van der Waals surface area contributed by atoms with Gasteiger partial charge < -0.3 is 15.8 Å². The second kappa shape index (κ2) is 6.57. The summed E-state index contributed by atoms with van der Waals surface area (Å²) >= 11 is 0. The number of hydrogen-bond donors (Lipinski definition) is 2. The quantitative estimate of drug-likeness (QED) is 0.334. The number of fused-ring (bicyclic) bond motifs is 2. The first-order valence-electron chi connectivity index (χ1n) is 8.52. The summed E-state index contributed by atoms with van der Waals surface area (Å²) in [6.07, 6.45) is 0. The average Bonchev–Trinajstić information content (AvgIpc) is 2.66. The third-order valence-electron chi connectivity index (χ3n) is 4.35. The van der Waals surface area contributed by atoms with Crippen molar-refractivity contribution >= 4 is 39.3 Å². The molecular weight excluding hydrogens is 340 g/mol. The first-order chi connectivity index (χ1) is 13.0. The highest BCUT2D eigenvalue weighted by Crippen LogP contribution is 2.23. The van der Waals surface area contributed by atoms with E-state index in [0.717, 1.165) is 33.5 Å². The maximum absolute atomic E-state index is 11.5. The molecule has 0 bridgehead atoms. The van der Waals surface area contributed by atoms with Gasteiger partial charge in [0.05, 0.1) is 7.11 Å². The van der Waals surface area contributed by atoms with E-state index in [1.165, 1.54) is 6.92 Å². The molecule has 0 unspecified atom stereocenters. The van der Waals surface area contributed by atoms with Crippen LogP contribution >= 0.6 is 0 Å². The zero-order valence-corrected chi connectivity index (χ0v) is 15.1. The highest BCUT2D eigenvalue weighted by Gasteiger charge is 2.20. The lowest BCUT2D eigenvalue weighted by Gasteiger charge is -2.08. The number of amides is 1. The summed E-state index contributed by atoms with van der Waals surface area (Å²) in [5, 5.41) is 2.83. The lowest BCUT2D eigenvalue weighted by molar-refractivity contribution is -0.538. The number of carbonyl (C=O) groups excluding carboxylic acids is 1. The molecular formula is C21H19N4O2+. The number of nitrogen functional groups attached to an aromatic ring is 1. The molecule has 134 valence electrons. The molecule has 1 aromatic heterocycles. The third kappa shape index (κ3) is 3.13. The largest absolute Gasteiger partial charge is 0.497 e. The van der Waals surface area contributed by atoms with Crippen molar-refractivity contribution in [2.24, 2.45) is 0 Å². The average molecular weight is 359 g/mol. The second-order valence-corrected chi connectivity index (χ2v) is 6.28. The van der Waals surface area contributed by atoms with Crippen molar-refractivity contribution in [1.29, 1.82) is 0 Å². The summed E-state index contributed by atoms with van der Waals surface area (Å²) in [5.74, 6) is 0.656. The fourth-order valence-corrected chi connectivity index (χ4v) is 3.16. The van der Waals surface area contributed by atoms with Crippen LogP contribution in [0.25, 0.3) is 27.8 Å². The molecule has 0 saturated heterocycles. The van der Waals surface area contributed by atoms with Crippen molar-refractivity contribution in [2.75, 3.05) is 18.2 Å². The molecule has 0 saturated carbocycles. The van der Waals surface area contributed by atoms with Crippen molar-refractivity contribution in [3.05, 3.63) is 60.7 Å². The highest BCUT2D eigenvalue weighted by atomic mass is 16.5. The zero-order valence-electron chi connectivity index (χ0n) is 15.1. The number of carbonyl (C=O) groups is 1. The number of methoxy groups -OCH3 is 1. The molecule has 0 aliphatic rings. The first-order valence-corrected chi connectivity index (χ1v) is 8.52. The van der Waals surface area contributed by atoms with Gasteiger partial charge in [-0.1, -0.05) is 0 Å². The van der Waals surface area contributed by atoms with E-state index in [1.807, 2.05) is 60.7 Å². The highest BCUT2D eigenvalue weighted by molar-refractivity contribution is 5.92. The van der Waals surface area contributed by atoms with Crippen molar-refractivity contribution in [3.8, 4) is 11.4 Å². The Kier molecular flexibility index (Phi) is 4.08. The molecule has 1 amide bonds. The Morgan fingerprint density at radius 3 is 2.33 bits per heavy atom. The number of nitrogens with one attached hydrogen (secondary N) is 1. The maximum atomic E-state index is 11.5. The third-order valence-corrected chi connectivity index (χ3v) is 4.35. The molecule has 0 spiro atoms. The maximum Gasteiger partial charge on any atom is 0.239 e. The Balaban J connectivity index is 2.07. The molecule has 4 rings (SSSR count). The van der Waals surface area contributed by atoms with Gasteiger partial charge in [-0.15, -0.1) is 4.57 Å². The van der Waals surface area contributed by atoms with E-state index in [-0.39, 0.29) is 5.91 Å². The van der Waals surface area contributed by atoms with E-state index < -0.39 is 0 Å². The van der Waals surface area contributed by atoms with Gasteiger partial charge >= 0.3 is 0 Å². The molecule has 0 radical (unpaired) electrons. The van der Waals surface area contributed by atoms with Crippen molar-refractivity contribution in [2.45, 2.75) is 6.92 Å². The molecule has 0 aliphatic carbocycles. The van der Waals surface area contributed by atoms with Crippen molar-refractivity contribution in [3.63, 3.8) is 0 Å². The Hall–Kier alpha value is -3.67. The van der Waals surface area contributed by atoms with E-state index in [1.54, 1.807) is 7.11 Å². The van der Waals surface area contributed by atoms with Crippen LogP contribution in [0.5, 0.6) is 5.75 Å². The number of anilines is 2. The minimum atomic E-state index is -0.122. The van der Waals surface area contributed by atoms with Gasteiger partial charge in [0.1, 0.15) is 16.8 Å². The van der Waals surface area contributed by atoms with Gasteiger partial charge in [-0.3, -0.25) is 4.79 Å². The Labute approximate surface area is 156 Å². The molecule has 1 heterocycles. The Bertz CT molecular complexity index is 1170. The van der Waals surface area contributed by atoms with Crippen LogP contribution < -0.4 is 20.4 Å². The van der Waals surface area contributed by atoms with E-state index >= 15 is 0 Å². The lowest BCUT2D eigenvalue weighted by atomic mass is 10.2. The van der Waals surface area contributed by atoms with Crippen LogP contribution in [0.3, 0.4) is 0 Å². The Morgan fingerprint density at radius 1 is 1.00 bits per heavy atom. The van der Waals surface area contributed by atoms with Gasteiger partial charge in [0.25, 0.3) is 0 Å². The molecule has 6 heteroatoms. The van der Waals surface area contributed by atoms with Crippen molar-refractivity contribution < 1.29 is 14.1 Å². The smallest absolute Gasteiger partial charge is 0.239 e. The molecule has 3 N–H and O–H groups in total.